The Morgan fingerprint density at radius 1 is 1.38 bits per heavy atom. The van der Waals surface area contributed by atoms with E-state index in [0.29, 0.717) is 25.0 Å². The van der Waals surface area contributed by atoms with Crippen molar-refractivity contribution in [2.45, 2.75) is 38.3 Å². The summed E-state index contributed by atoms with van der Waals surface area (Å²) in [6.07, 6.45) is 6.20. The van der Waals surface area contributed by atoms with E-state index >= 15 is 0 Å². The minimum absolute atomic E-state index is 0.0767. The smallest absolute Gasteiger partial charge is 0.298 e. The lowest BCUT2D eigenvalue weighted by atomic mass is 10.2. The van der Waals surface area contributed by atoms with E-state index in [4.69, 9.17) is 15.2 Å². The van der Waals surface area contributed by atoms with E-state index < -0.39 is 0 Å². The zero-order valence-corrected chi connectivity index (χ0v) is 12.2. The summed E-state index contributed by atoms with van der Waals surface area (Å²) in [5.74, 6) is 0.513. The molecule has 7 nitrogen and oxygen atoms in total. The number of likely N-dealkylation sites (tertiary alicyclic amines) is 1. The topological polar surface area (TPSA) is 82.6 Å². The van der Waals surface area contributed by atoms with Gasteiger partial charge in [-0.1, -0.05) is 12.8 Å². The Labute approximate surface area is 124 Å². The Balaban J connectivity index is 1.48. The third kappa shape index (κ3) is 3.47. The van der Waals surface area contributed by atoms with E-state index in [1.54, 1.807) is 6.20 Å². The first-order chi connectivity index (χ1) is 10.2. The zero-order chi connectivity index (χ0) is 14.7. The molecule has 0 saturated carbocycles. The summed E-state index contributed by atoms with van der Waals surface area (Å²) in [4.78, 5) is 18.1. The third-order valence-electron chi connectivity index (χ3n) is 3.96. The predicted octanol–water partition coefficient (Wildman–Crippen LogP) is 0.645. The van der Waals surface area contributed by atoms with Gasteiger partial charge in [-0.05, 0) is 12.8 Å². The first kappa shape index (κ1) is 14.2. The largest absolute Gasteiger partial charge is 0.462 e. The first-order valence-electron chi connectivity index (χ1n) is 7.57. The molecular weight excluding hydrogens is 272 g/mol. The molecule has 2 aliphatic heterocycles. The number of hydrogen-bond donors (Lipinski definition) is 1. The van der Waals surface area contributed by atoms with E-state index in [-0.39, 0.29) is 18.6 Å². The maximum Gasteiger partial charge on any atom is 0.298 e. The molecule has 1 aromatic heterocycles. The third-order valence-corrected chi connectivity index (χ3v) is 3.96. The number of carbonyl (C=O) groups excluding carboxylic acids is 1. The average Bonchev–Trinajstić information content (AvgIpc) is 2.68. The van der Waals surface area contributed by atoms with Crippen LogP contribution in [0.25, 0.3) is 0 Å². The number of nitrogens with zero attached hydrogens (tertiary/aromatic N) is 3. The van der Waals surface area contributed by atoms with Crippen molar-refractivity contribution in [2.75, 3.05) is 32.0 Å². The van der Waals surface area contributed by atoms with Gasteiger partial charge in [0.2, 0.25) is 5.91 Å². The van der Waals surface area contributed by atoms with Gasteiger partial charge in [0.05, 0.1) is 12.7 Å². The van der Waals surface area contributed by atoms with Gasteiger partial charge in [-0.15, -0.1) is 0 Å². The van der Waals surface area contributed by atoms with Gasteiger partial charge in [-0.3, -0.25) is 9.36 Å². The molecule has 7 heteroatoms. The lowest BCUT2D eigenvalue weighted by molar-refractivity contribution is -0.139. The van der Waals surface area contributed by atoms with Crippen molar-refractivity contribution >= 4 is 11.7 Å². The summed E-state index contributed by atoms with van der Waals surface area (Å²) in [5, 5.41) is 0. The highest BCUT2D eigenvalue weighted by atomic mass is 16.5. The molecule has 3 rings (SSSR count). The van der Waals surface area contributed by atoms with Crippen LogP contribution in [0.15, 0.2) is 6.20 Å². The normalized spacial score (nSPS) is 22.3. The first-order valence-corrected chi connectivity index (χ1v) is 7.57. The van der Waals surface area contributed by atoms with Crippen LogP contribution in [-0.2, 0) is 16.1 Å². The molecule has 0 aliphatic carbocycles. The second-order valence-electron chi connectivity index (χ2n) is 5.64. The summed E-state index contributed by atoms with van der Waals surface area (Å²) < 4.78 is 13.0. The highest BCUT2D eigenvalue weighted by molar-refractivity contribution is 5.77. The Kier molecular flexibility index (Phi) is 4.28. The number of carbonyl (C=O) groups is 1. The standard InChI is InChI=1S/C14H22N4O3/c15-12-8-18-7-11(9-21-14(18)16-12)20-10-13(19)17-5-3-1-2-4-6-17/h8,11H,1-7,9-10,15H2. The molecule has 0 spiro atoms. The average molecular weight is 294 g/mol. The maximum absolute atomic E-state index is 12.2. The molecular formula is C14H22N4O3. The summed E-state index contributed by atoms with van der Waals surface area (Å²) in [6.45, 7) is 2.85. The van der Waals surface area contributed by atoms with Crippen LogP contribution >= 0.6 is 0 Å². The second kappa shape index (κ2) is 6.34. The number of nitrogen functional groups attached to an aromatic ring is 1. The molecule has 1 unspecified atom stereocenters. The highest BCUT2D eigenvalue weighted by Crippen LogP contribution is 2.19. The number of anilines is 1. The van der Waals surface area contributed by atoms with E-state index in [2.05, 4.69) is 4.98 Å². The number of imidazole rings is 1. The van der Waals surface area contributed by atoms with Crippen LogP contribution < -0.4 is 10.5 Å². The quantitative estimate of drug-likeness (QED) is 0.885. The van der Waals surface area contributed by atoms with Gasteiger partial charge in [0.25, 0.3) is 6.01 Å². The highest BCUT2D eigenvalue weighted by Gasteiger charge is 2.23. The van der Waals surface area contributed by atoms with E-state index in [9.17, 15) is 4.79 Å². The van der Waals surface area contributed by atoms with Gasteiger partial charge in [-0.25, -0.2) is 0 Å². The Morgan fingerprint density at radius 2 is 2.14 bits per heavy atom. The van der Waals surface area contributed by atoms with Crippen molar-refractivity contribution in [3.8, 4) is 6.01 Å². The lowest BCUT2D eigenvalue weighted by Gasteiger charge is -2.25. The number of nitrogens with two attached hydrogens (primary N) is 1. The monoisotopic (exact) mass is 294 g/mol. The van der Waals surface area contributed by atoms with E-state index in [0.717, 1.165) is 25.9 Å². The van der Waals surface area contributed by atoms with Crippen LogP contribution in [0, 0.1) is 0 Å². The molecule has 21 heavy (non-hydrogen) atoms. The fourth-order valence-corrected chi connectivity index (χ4v) is 2.81. The minimum atomic E-state index is -0.137. The number of aromatic nitrogens is 2. The number of ether oxygens (including phenoxy) is 2. The van der Waals surface area contributed by atoms with Gasteiger partial charge in [0, 0.05) is 13.1 Å². The van der Waals surface area contributed by atoms with Gasteiger partial charge < -0.3 is 20.1 Å². The molecule has 1 saturated heterocycles. The van der Waals surface area contributed by atoms with Crippen molar-refractivity contribution in [3.63, 3.8) is 0 Å². The van der Waals surface area contributed by atoms with Crippen molar-refractivity contribution in [1.82, 2.24) is 14.5 Å². The molecule has 1 aromatic rings. The fraction of sp³-hybridized carbons (Fsp3) is 0.714. The Morgan fingerprint density at radius 3 is 2.90 bits per heavy atom. The molecule has 1 fully saturated rings. The van der Waals surface area contributed by atoms with Crippen LogP contribution in [-0.4, -0.2) is 52.8 Å². The van der Waals surface area contributed by atoms with E-state index in [1.165, 1.54) is 12.8 Å². The minimum Gasteiger partial charge on any atom is -0.462 e. The van der Waals surface area contributed by atoms with Gasteiger partial charge in [0.15, 0.2) is 0 Å². The van der Waals surface area contributed by atoms with Crippen molar-refractivity contribution in [1.29, 1.82) is 0 Å². The summed E-state index contributed by atoms with van der Waals surface area (Å²) in [7, 11) is 0. The van der Waals surface area contributed by atoms with Gasteiger partial charge in [0.1, 0.15) is 25.1 Å². The van der Waals surface area contributed by atoms with Crippen molar-refractivity contribution in [2.24, 2.45) is 0 Å². The second-order valence-corrected chi connectivity index (χ2v) is 5.64. The molecule has 0 radical (unpaired) electrons. The van der Waals surface area contributed by atoms with Crippen LogP contribution in [0.2, 0.25) is 0 Å². The van der Waals surface area contributed by atoms with Crippen molar-refractivity contribution < 1.29 is 14.3 Å². The number of amides is 1. The van der Waals surface area contributed by atoms with Crippen LogP contribution in [0.1, 0.15) is 25.7 Å². The van der Waals surface area contributed by atoms with Gasteiger partial charge in [-0.2, -0.15) is 4.98 Å². The summed E-state index contributed by atoms with van der Waals surface area (Å²) in [6, 6.07) is 0.520. The molecule has 0 bridgehead atoms. The predicted molar refractivity (Wildman–Crippen MR) is 76.9 cm³/mol. The molecule has 2 N–H and O–H groups in total. The van der Waals surface area contributed by atoms with Crippen LogP contribution in [0.4, 0.5) is 5.82 Å². The maximum atomic E-state index is 12.2. The van der Waals surface area contributed by atoms with Crippen LogP contribution in [0.3, 0.4) is 0 Å². The molecule has 1 amide bonds. The Hall–Kier alpha value is -1.76. The molecule has 1 atom stereocenters. The number of rotatable bonds is 3. The summed E-state index contributed by atoms with van der Waals surface area (Å²) in [5.41, 5.74) is 5.62. The molecule has 3 heterocycles. The van der Waals surface area contributed by atoms with Crippen LogP contribution in [0.5, 0.6) is 6.01 Å². The number of fused-ring (bicyclic) bond motifs is 1. The molecule has 2 aliphatic rings. The SMILES string of the molecule is Nc1cn2c(n1)OCC(OCC(=O)N1CCCCCC1)C2. The van der Waals surface area contributed by atoms with Gasteiger partial charge >= 0.3 is 0 Å². The molecule has 0 aromatic carbocycles. The zero-order valence-electron chi connectivity index (χ0n) is 12.2. The van der Waals surface area contributed by atoms with Crippen molar-refractivity contribution in [3.05, 3.63) is 6.20 Å². The molecule has 116 valence electrons. The van der Waals surface area contributed by atoms with E-state index in [1.807, 2.05) is 9.47 Å². The summed E-state index contributed by atoms with van der Waals surface area (Å²) >= 11 is 0. The Bertz CT molecular complexity index is 494. The fourth-order valence-electron chi connectivity index (χ4n) is 2.81. The number of hydrogen-bond acceptors (Lipinski definition) is 5. The lowest BCUT2D eigenvalue weighted by Crippen LogP contribution is -2.39.